The SMILES string of the molecule is CC1(C)C(Nc2ccc([N+](=O)[O-])cc2[N+](=O)[O-])C1(C)C. The molecule has 0 aliphatic heterocycles. The van der Waals surface area contributed by atoms with E-state index in [1.165, 1.54) is 12.1 Å². The number of hydrogen-bond acceptors (Lipinski definition) is 5. The minimum absolute atomic E-state index is 0.0165. The van der Waals surface area contributed by atoms with Crippen molar-refractivity contribution in [3.05, 3.63) is 38.4 Å². The molecular formula is C13H17N3O4. The van der Waals surface area contributed by atoms with Crippen LogP contribution in [0.1, 0.15) is 27.7 Å². The molecule has 20 heavy (non-hydrogen) atoms. The van der Waals surface area contributed by atoms with Gasteiger partial charge in [-0.1, -0.05) is 27.7 Å². The van der Waals surface area contributed by atoms with E-state index in [4.69, 9.17) is 0 Å². The molecule has 0 saturated heterocycles. The van der Waals surface area contributed by atoms with Crippen LogP contribution < -0.4 is 5.32 Å². The van der Waals surface area contributed by atoms with Gasteiger partial charge in [0.25, 0.3) is 11.4 Å². The smallest absolute Gasteiger partial charge is 0.299 e. The van der Waals surface area contributed by atoms with Crippen molar-refractivity contribution in [1.82, 2.24) is 0 Å². The largest absolute Gasteiger partial charge is 0.376 e. The average molecular weight is 279 g/mol. The van der Waals surface area contributed by atoms with Gasteiger partial charge >= 0.3 is 0 Å². The molecule has 1 fully saturated rings. The third kappa shape index (κ3) is 1.99. The fourth-order valence-corrected chi connectivity index (χ4v) is 2.62. The summed E-state index contributed by atoms with van der Waals surface area (Å²) in [4.78, 5) is 20.5. The lowest BCUT2D eigenvalue weighted by atomic mass is 10.0. The molecule has 0 radical (unpaired) electrons. The first-order chi connectivity index (χ1) is 9.09. The predicted molar refractivity (Wildman–Crippen MR) is 74.7 cm³/mol. The minimum atomic E-state index is -0.637. The molecule has 7 nitrogen and oxygen atoms in total. The Labute approximate surface area is 116 Å². The van der Waals surface area contributed by atoms with E-state index in [1.54, 1.807) is 0 Å². The van der Waals surface area contributed by atoms with Gasteiger partial charge in [0.05, 0.1) is 15.9 Å². The van der Waals surface area contributed by atoms with Gasteiger partial charge in [0, 0.05) is 12.1 Å². The number of anilines is 1. The van der Waals surface area contributed by atoms with Crippen LogP contribution in [0.3, 0.4) is 0 Å². The van der Waals surface area contributed by atoms with Crippen molar-refractivity contribution in [2.45, 2.75) is 33.7 Å². The molecule has 0 bridgehead atoms. The van der Waals surface area contributed by atoms with E-state index in [-0.39, 0.29) is 28.2 Å². The van der Waals surface area contributed by atoms with Crippen molar-refractivity contribution in [2.75, 3.05) is 5.32 Å². The second-order valence-corrected chi connectivity index (χ2v) is 6.24. The first kappa shape index (κ1) is 14.2. The van der Waals surface area contributed by atoms with Crippen LogP contribution in [0, 0.1) is 31.1 Å². The maximum Gasteiger partial charge on any atom is 0.299 e. The molecule has 108 valence electrons. The van der Waals surface area contributed by atoms with Crippen LogP contribution in [0.4, 0.5) is 17.1 Å². The zero-order valence-electron chi connectivity index (χ0n) is 11.8. The number of non-ortho nitro benzene ring substituents is 1. The number of nitro groups is 2. The number of benzene rings is 1. The predicted octanol–water partition coefficient (Wildman–Crippen LogP) is 3.35. The molecule has 0 aromatic heterocycles. The summed E-state index contributed by atoms with van der Waals surface area (Å²) in [6.45, 7) is 8.34. The molecule has 0 amide bonds. The van der Waals surface area contributed by atoms with Gasteiger partial charge in [-0.2, -0.15) is 0 Å². The summed E-state index contributed by atoms with van der Waals surface area (Å²) in [5, 5.41) is 24.9. The molecule has 0 heterocycles. The van der Waals surface area contributed by atoms with Crippen LogP contribution in [0.15, 0.2) is 18.2 Å². The number of nitrogens with one attached hydrogen (secondary N) is 1. The van der Waals surface area contributed by atoms with Crippen LogP contribution >= 0.6 is 0 Å². The Morgan fingerprint density at radius 1 is 1.05 bits per heavy atom. The van der Waals surface area contributed by atoms with Crippen LogP contribution in [0.5, 0.6) is 0 Å². The summed E-state index contributed by atoms with van der Waals surface area (Å²) in [6, 6.07) is 3.76. The zero-order chi connectivity index (χ0) is 15.3. The topological polar surface area (TPSA) is 98.3 Å². The molecular weight excluding hydrogens is 262 g/mol. The Bertz CT molecular complexity index is 581. The molecule has 1 aromatic carbocycles. The Morgan fingerprint density at radius 2 is 1.60 bits per heavy atom. The minimum Gasteiger partial charge on any atom is -0.376 e. The van der Waals surface area contributed by atoms with Gasteiger partial charge < -0.3 is 5.32 Å². The molecule has 0 spiro atoms. The summed E-state index contributed by atoms with van der Waals surface area (Å²) in [7, 11) is 0. The monoisotopic (exact) mass is 279 g/mol. The van der Waals surface area contributed by atoms with Crippen molar-refractivity contribution in [3.8, 4) is 0 Å². The van der Waals surface area contributed by atoms with E-state index in [0.717, 1.165) is 6.07 Å². The van der Waals surface area contributed by atoms with Gasteiger partial charge in [-0.05, 0) is 16.9 Å². The van der Waals surface area contributed by atoms with Crippen molar-refractivity contribution >= 4 is 17.1 Å². The molecule has 0 unspecified atom stereocenters. The summed E-state index contributed by atoms with van der Waals surface area (Å²) < 4.78 is 0. The Hall–Kier alpha value is -2.18. The summed E-state index contributed by atoms with van der Waals surface area (Å²) in [5.41, 5.74) is -0.191. The fourth-order valence-electron chi connectivity index (χ4n) is 2.62. The van der Waals surface area contributed by atoms with Gasteiger partial charge in [0.1, 0.15) is 5.69 Å². The lowest BCUT2D eigenvalue weighted by Crippen LogP contribution is -2.11. The Morgan fingerprint density at radius 3 is 2.00 bits per heavy atom. The van der Waals surface area contributed by atoms with E-state index >= 15 is 0 Å². The summed E-state index contributed by atoms with van der Waals surface area (Å²) >= 11 is 0. The molecule has 2 rings (SSSR count). The van der Waals surface area contributed by atoms with Crippen molar-refractivity contribution < 1.29 is 9.85 Å². The standard InChI is InChI=1S/C13H17N3O4/c1-12(2)11(13(12,3)4)14-9-6-5-8(15(17)18)7-10(9)16(19)20/h5-7,11,14H,1-4H3. The average Bonchev–Trinajstić information content (AvgIpc) is 2.71. The van der Waals surface area contributed by atoms with E-state index in [2.05, 4.69) is 33.0 Å². The molecule has 1 N–H and O–H groups in total. The van der Waals surface area contributed by atoms with Crippen molar-refractivity contribution in [1.29, 1.82) is 0 Å². The third-order valence-corrected chi connectivity index (χ3v) is 4.71. The first-order valence-electron chi connectivity index (χ1n) is 6.28. The maximum atomic E-state index is 11.1. The highest BCUT2D eigenvalue weighted by Gasteiger charge is 2.65. The van der Waals surface area contributed by atoms with Gasteiger partial charge in [0.15, 0.2) is 0 Å². The highest BCUT2D eigenvalue weighted by atomic mass is 16.6. The molecule has 1 aliphatic rings. The van der Waals surface area contributed by atoms with Gasteiger partial charge in [0.2, 0.25) is 0 Å². The normalized spacial score (nSPS) is 19.4. The van der Waals surface area contributed by atoms with E-state index < -0.39 is 9.85 Å². The fraction of sp³-hybridized carbons (Fsp3) is 0.538. The lowest BCUT2D eigenvalue weighted by Gasteiger charge is -2.08. The molecule has 1 saturated carbocycles. The highest BCUT2D eigenvalue weighted by molar-refractivity contribution is 5.66. The van der Waals surface area contributed by atoms with Gasteiger partial charge in [-0.25, -0.2) is 0 Å². The van der Waals surface area contributed by atoms with E-state index in [9.17, 15) is 20.2 Å². The van der Waals surface area contributed by atoms with Crippen LogP contribution in [-0.2, 0) is 0 Å². The van der Waals surface area contributed by atoms with E-state index in [1.807, 2.05) is 0 Å². The second kappa shape index (κ2) is 4.16. The molecule has 0 atom stereocenters. The Kier molecular flexibility index (Phi) is 2.96. The second-order valence-electron chi connectivity index (χ2n) is 6.24. The number of hydrogen-bond donors (Lipinski definition) is 1. The summed E-state index contributed by atoms with van der Waals surface area (Å²) in [5.74, 6) is 0. The third-order valence-electron chi connectivity index (χ3n) is 4.71. The van der Waals surface area contributed by atoms with Crippen LogP contribution in [0.2, 0.25) is 0 Å². The zero-order valence-corrected chi connectivity index (χ0v) is 11.8. The maximum absolute atomic E-state index is 11.1. The summed E-state index contributed by atoms with van der Waals surface area (Å²) in [6.07, 6.45) is 0. The number of rotatable bonds is 4. The number of nitro benzene ring substituents is 2. The number of nitrogens with zero attached hydrogens (tertiary/aromatic N) is 2. The molecule has 1 aliphatic carbocycles. The van der Waals surface area contributed by atoms with Crippen LogP contribution in [0.25, 0.3) is 0 Å². The molecule has 7 heteroatoms. The highest BCUT2D eigenvalue weighted by Crippen LogP contribution is 2.64. The first-order valence-corrected chi connectivity index (χ1v) is 6.28. The Balaban J connectivity index is 2.34. The van der Waals surface area contributed by atoms with Gasteiger partial charge in [-0.3, -0.25) is 20.2 Å². The quantitative estimate of drug-likeness (QED) is 0.673. The molecule has 1 aromatic rings. The van der Waals surface area contributed by atoms with Gasteiger partial charge in [-0.15, -0.1) is 0 Å². The van der Waals surface area contributed by atoms with Crippen molar-refractivity contribution in [3.63, 3.8) is 0 Å². The van der Waals surface area contributed by atoms with E-state index in [0.29, 0.717) is 5.69 Å². The van der Waals surface area contributed by atoms with Crippen LogP contribution in [-0.4, -0.2) is 15.9 Å². The van der Waals surface area contributed by atoms with Crippen molar-refractivity contribution in [2.24, 2.45) is 10.8 Å². The lowest BCUT2D eigenvalue weighted by molar-refractivity contribution is -0.393.